The van der Waals surface area contributed by atoms with Gasteiger partial charge in [-0.3, -0.25) is 9.59 Å². The lowest BCUT2D eigenvalue weighted by Crippen LogP contribution is -2.54. The van der Waals surface area contributed by atoms with E-state index in [4.69, 9.17) is 18.3 Å². The van der Waals surface area contributed by atoms with E-state index in [9.17, 15) is 24.9 Å². The van der Waals surface area contributed by atoms with Crippen LogP contribution in [0.1, 0.15) is 206 Å². The van der Waals surface area contributed by atoms with Gasteiger partial charge in [-0.25, -0.2) is 0 Å². The van der Waals surface area contributed by atoms with Crippen molar-refractivity contribution in [1.82, 2.24) is 0 Å². The Morgan fingerprint density at radius 1 is 0.554 bits per heavy atom. The van der Waals surface area contributed by atoms with E-state index >= 15 is 0 Å². The number of fused-ring (bicyclic) bond motifs is 2. The molecule has 0 radical (unpaired) electrons. The topological polar surface area (TPSA) is 132 Å². The van der Waals surface area contributed by atoms with Crippen LogP contribution in [0.2, 0.25) is 36.3 Å². The van der Waals surface area contributed by atoms with Gasteiger partial charge in [-0.05, 0) is 231 Å². The van der Waals surface area contributed by atoms with Crippen LogP contribution in [0, 0.1) is 98.6 Å². The number of methoxy groups -OCH3 is 2. The Labute approximate surface area is 457 Å². The summed E-state index contributed by atoms with van der Waals surface area (Å²) in [5.41, 5.74) is 0.793. The molecule has 6 rings (SSSR count). The largest absolute Gasteiger partial charge is 0.469 e. The number of rotatable bonds is 18. The van der Waals surface area contributed by atoms with Gasteiger partial charge in [0.1, 0.15) is 0 Å². The average molecular weight is 1080 g/mol. The molecule has 6 fully saturated rings. The fourth-order valence-corrected chi connectivity index (χ4v) is 19.6. The summed E-state index contributed by atoms with van der Waals surface area (Å²) in [7, 11) is -0.741. The zero-order valence-corrected chi connectivity index (χ0v) is 53.4. The molecule has 0 aliphatic heterocycles. The molecule has 6 saturated carbocycles. The molecule has 0 saturated heterocycles. The fraction of sp³-hybridized carbons (Fsp3) is 0.968. The van der Waals surface area contributed by atoms with Gasteiger partial charge in [-0.2, -0.15) is 0 Å². The van der Waals surface area contributed by atoms with Crippen LogP contribution in [0.15, 0.2) is 0 Å². The van der Waals surface area contributed by atoms with Gasteiger partial charge >= 0.3 is 11.9 Å². The molecule has 3 N–H and O–H groups in total. The minimum atomic E-state index is -1.89. The first kappa shape index (κ1) is 64.0. The summed E-state index contributed by atoms with van der Waals surface area (Å²) in [5, 5.41) is 31.3. The summed E-state index contributed by atoms with van der Waals surface area (Å²) in [4.78, 5) is 23.7. The van der Waals surface area contributed by atoms with Crippen molar-refractivity contribution in [1.29, 1.82) is 0 Å². The standard InChI is InChI=1S/C38H74O4Si2.C25H44O5/c1-27-20-22-37(9,29(24-27)25-41-43(12,13)35(3,4)5)33-21-23-38(10)31(28(2)16-19-34(39)40-11)17-18-32(38)30(33)26-42-44(14,15)36(6,7)8;1-16(5-8-23(29)30-4)20-6-7-21-19(15-27)22(10-12-25(20,21)3)24(2)11-9-18(28)13-17(24)14-26/h27-33H,16-26H2,1-15H3;16-22,26-28H,5-15H2,1-4H3/t27-,28+,29+,30-,31+,32?,33?,37-,38+;16-,17-,18+,19+,20-,21?,22?,24+,25-/m01/s1. The number of aliphatic hydroxyl groups is 3. The minimum absolute atomic E-state index is 0.0166. The van der Waals surface area contributed by atoms with E-state index < -0.39 is 16.6 Å². The van der Waals surface area contributed by atoms with Crippen LogP contribution in [0.25, 0.3) is 0 Å². The molecule has 11 heteroatoms. The summed E-state index contributed by atoms with van der Waals surface area (Å²) in [6.07, 6.45) is 18.7. The molecule has 0 aromatic rings. The molecule has 0 bridgehead atoms. The van der Waals surface area contributed by atoms with Crippen LogP contribution in [0.3, 0.4) is 0 Å². The summed E-state index contributed by atoms with van der Waals surface area (Å²) in [5.74, 6) is 6.69. The maximum absolute atomic E-state index is 12.0. The van der Waals surface area contributed by atoms with Crippen molar-refractivity contribution in [3.63, 3.8) is 0 Å². The first-order valence-electron chi connectivity index (χ1n) is 30.5. The van der Waals surface area contributed by atoms with Crippen LogP contribution in [0.4, 0.5) is 0 Å². The summed E-state index contributed by atoms with van der Waals surface area (Å²) in [6, 6.07) is 0. The molecule has 0 aromatic heterocycles. The SMILES string of the molecule is COC(=O)CC[C@@H](C)[C@H]1CCC2[C@H](CO)C([C@@]3(C)CC[C@H](O)C[C@@H]3CO)CC[C@@]21C.COC(=O)CC[C@@H](C)[C@H]1CCC2[C@H](CO[Si](C)(C)C(C)(C)C)C([C@@]3(C)CC[C@H](C)C[C@@H]3CO[Si](C)(C)C(C)(C)C)CC[C@@]21C. The third-order valence-electron chi connectivity index (χ3n) is 24.8. The van der Waals surface area contributed by atoms with Crippen molar-refractivity contribution < 1.29 is 43.2 Å². The Hall–Kier alpha value is -0.826. The zero-order chi connectivity index (χ0) is 55.6. The van der Waals surface area contributed by atoms with Crippen LogP contribution >= 0.6 is 0 Å². The summed E-state index contributed by atoms with van der Waals surface area (Å²) < 4.78 is 24.1. The molecule has 6 aliphatic rings. The number of hydrogen-bond donors (Lipinski definition) is 3. The number of esters is 2. The van der Waals surface area contributed by atoms with Crippen LogP contribution in [0.5, 0.6) is 0 Å². The predicted octanol–water partition coefficient (Wildman–Crippen LogP) is 14.9. The third-order valence-corrected chi connectivity index (χ3v) is 33.8. The second-order valence-electron chi connectivity index (χ2n) is 30.6. The smallest absolute Gasteiger partial charge is 0.305 e. The van der Waals surface area contributed by atoms with E-state index in [0.29, 0.717) is 83.9 Å². The molecule has 74 heavy (non-hydrogen) atoms. The molecule has 0 aromatic carbocycles. The van der Waals surface area contributed by atoms with Crippen molar-refractivity contribution in [3.05, 3.63) is 0 Å². The maximum Gasteiger partial charge on any atom is 0.305 e. The molecule has 0 heterocycles. The Kier molecular flexibility index (Phi) is 21.5. The van der Waals surface area contributed by atoms with Crippen LogP contribution in [-0.2, 0) is 27.9 Å². The number of aliphatic hydroxyl groups excluding tert-OH is 3. The highest BCUT2D eigenvalue weighted by atomic mass is 28.4. The highest BCUT2D eigenvalue weighted by Gasteiger charge is 2.61. The molecular formula is C63H118O9Si2. The first-order valence-corrected chi connectivity index (χ1v) is 36.3. The van der Waals surface area contributed by atoms with Gasteiger partial charge in [0, 0.05) is 39.3 Å². The Balaban J connectivity index is 0.000000294. The lowest BCUT2D eigenvalue weighted by atomic mass is 9.48. The van der Waals surface area contributed by atoms with Gasteiger partial charge in [-0.15, -0.1) is 0 Å². The van der Waals surface area contributed by atoms with Gasteiger partial charge < -0.3 is 33.6 Å². The van der Waals surface area contributed by atoms with Crippen molar-refractivity contribution in [2.45, 2.75) is 248 Å². The Morgan fingerprint density at radius 3 is 1.41 bits per heavy atom. The van der Waals surface area contributed by atoms with Crippen molar-refractivity contribution in [2.24, 2.45) is 98.6 Å². The van der Waals surface area contributed by atoms with Gasteiger partial charge in [0.15, 0.2) is 16.6 Å². The fourth-order valence-electron chi connectivity index (χ4n) is 17.5. The normalized spacial score (nSPS) is 39.8. The lowest BCUT2D eigenvalue weighted by Gasteiger charge is -2.58. The predicted molar refractivity (Wildman–Crippen MR) is 308 cm³/mol. The summed E-state index contributed by atoms with van der Waals surface area (Å²) >= 11 is 0. The monoisotopic (exact) mass is 1070 g/mol. The first-order chi connectivity index (χ1) is 34.2. The van der Waals surface area contributed by atoms with Gasteiger partial charge in [0.05, 0.1) is 20.3 Å². The van der Waals surface area contributed by atoms with E-state index in [2.05, 4.69) is 116 Å². The Morgan fingerprint density at radius 2 is 0.959 bits per heavy atom. The van der Waals surface area contributed by atoms with Gasteiger partial charge in [0.2, 0.25) is 0 Å². The summed E-state index contributed by atoms with van der Waals surface area (Å²) in [6.45, 7) is 43.4. The molecule has 0 spiro atoms. The maximum atomic E-state index is 12.0. The molecule has 9 nitrogen and oxygen atoms in total. The average Bonchev–Trinajstić information content (AvgIpc) is 3.88. The highest BCUT2D eigenvalue weighted by molar-refractivity contribution is 6.74. The highest BCUT2D eigenvalue weighted by Crippen LogP contribution is 2.67. The van der Waals surface area contributed by atoms with Crippen LogP contribution in [-0.4, -0.2) is 90.6 Å². The second kappa shape index (κ2) is 24.9. The van der Waals surface area contributed by atoms with E-state index in [1.807, 2.05) is 0 Å². The molecule has 432 valence electrons. The van der Waals surface area contributed by atoms with Crippen LogP contribution < -0.4 is 0 Å². The van der Waals surface area contributed by atoms with E-state index in [-0.39, 0.29) is 69.4 Å². The number of ether oxygens (including phenoxy) is 2. The van der Waals surface area contributed by atoms with E-state index in [1.165, 1.54) is 65.6 Å². The van der Waals surface area contributed by atoms with E-state index in [0.717, 1.165) is 64.1 Å². The van der Waals surface area contributed by atoms with E-state index in [1.54, 1.807) is 0 Å². The zero-order valence-electron chi connectivity index (χ0n) is 51.4. The molecule has 0 amide bonds. The number of hydrogen-bond acceptors (Lipinski definition) is 9. The molecule has 4 unspecified atom stereocenters. The second-order valence-corrected chi connectivity index (χ2v) is 40.2. The van der Waals surface area contributed by atoms with Gasteiger partial charge in [0.25, 0.3) is 0 Å². The Bertz CT molecular complexity index is 1810. The lowest BCUT2D eigenvalue weighted by molar-refractivity contribution is -0.142. The molecule has 18 atom stereocenters. The van der Waals surface area contributed by atoms with Crippen molar-refractivity contribution >= 4 is 28.6 Å². The molecule has 6 aliphatic carbocycles. The minimum Gasteiger partial charge on any atom is -0.469 e. The third kappa shape index (κ3) is 13.5. The quantitative estimate of drug-likeness (QED) is 0.0907. The van der Waals surface area contributed by atoms with Gasteiger partial charge in [-0.1, -0.05) is 96.4 Å². The van der Waals surface area contributed by atoms with Crippen molar-refractivity contribution in [3.8, 4) is 0 Å². The number of carbonyl (C=O) groups excluding carboxylic acids is 2. The van der Waals surface area contributed by atoms with Crippen molar-refractivity contribution in [2.75, 3.05) is 40.6 Å². The number of carbonyl (C=O) groups is 2. The molecular weight excluding hydrogens is 957 g/mol.